The van der Waals surface area contributed by atoms with Gasteiger partial charge in [0.05, 0.1) is 5.02 Å². The van der Waals surface area contributed by atoms with E-state index in [1.807, 2.05) is 0 Å². The van der Waals surface area contributed by atoms with Gasteiger partial charge in [-0.3, -0.25) is 0 Å². The van der Waals surface area contributed by atoms with Crippen LogP contribution in [0.2, 0.25) is 5.02 Å². The summed E-state index contributed by atoms with van der Waals surface area (Å²) >= 11 is 5.74. The molecule has 1 aromatic carbocycles. The predicted octanol–water partition coefficient (Wildman–Crippen LogP) is 3.00. The Balaban J connectivity index is 2.05. The van der Waals surface area contributed by atoms with E-state index in [1.165, 1.54) is 12.1 Å². The van der Waals surface area contributed by atoms with Crippen LogP contribution in [0.5, 0.6) is 5.75 Å². The maximum atomic E-state index is 12.0. The lowest BCUT2D eigenvalue weighted by atomic mass is 9.94. The van der Waals surface area contributed by atoms with Crippen molar-refractivity contribution < 1.29 is 17.9 Å². The molecule has 1 N–H and O–H groups in total. The van der Waals surface area contributed by atoms with Gasteiger partial charge in [0.2, 0.25) is 0 Å². The smallest absolute Gasteiger partial charge is 0.404 e. The van der Waals surface area contributed by atoms with Gasteiger partial charge in [0, 0.05) is 0 Å². The fraction of sp³-hybridized carbons (Fsp3) is 0.455. The molecule has 1 saturated heterocycles. The third-order valence-electron chi connectivity index (χ3n) is 2.61. The second-order valence-corrected chi connectivity index (χ2v) is 4.45. The summed E-state index contributed by atoms with van der Waals surface area (Å²) in [6.45, 7) is 1.89. The number of hydrogen-bond donors (Lipinski definition) is 1. The minimum atomic E-state index is -4.71. The topological polar surface area (TPSA) is 21.3 Å². The van der Waals surface area contributed by atoms with Gasteiger partial charge in [0.15, 0.2) is 0 Å². The summed E-state index contributed by atoms with van der Waals surface area (Å²) in [5.41, 5.74) is 0.927. The van der Waals surface area contributed by atoms with Crippen LogP contribution in [0.4, 0.5) is 13.2 Å². The van der Waals surface area contributed by atoms with Gasteiger partial charge in [-0.05, 0) is 43.1 Å². The van der Waals surface area contributed by atoms with Crippen molar-refractivity contribution in [3.8, 4) is 5.75 Å². The van der Waals surface area contributed by atoms with E-state index in [1.54, 1.807) is 6.07 Å². The second kappa shape index (κ2) is 4.74. The molecule has 1 heterocycles. The van der Waals surface area contributed by atoms with Crippen molar-refractivity contribution in [3.63, 3.8) is 0 Å². The van der Waals surface area contributed by atoms with Gasteiger partial charge < -0.3 is 10.1 Å². The first kappa shape index (κ1) is 12.5. The highest BCUT2D eigenvalue weighted by molar-refractivity contribution is 6.32. The van der Waals surface area contributed by atoms with Gasteiger partial charge in [0.1, 0.15) is 5.75 Å². The maximum absolute atomic E-state index is 12.0. The molecule has 1 aromatic rings. The number of halogens is 4. The highest BCUT2D eigenvalue weighted by Crippen LogP contribution is 2.31. The Bertz CT molecular complexity index is 404. The van der Waals surface area contributed by atoms with E-state index in [2.05, 4.69) is 10.1 Å². The molecule has 0 aromatic heterocycles. The minimum Gasteiger partial charge on any atom is -0.404 e. The molecule has 2 nitrogen and oxygen atoms in total. The van der Waals surface area contributed by atoms with E-state index in [4.69, 9.17) is 11.6 Å². The van der Waals surface area contributed by atoms with E-state index < -0.39 is 6.36 Å². The highest BCUT2D eigenvalue weighted by Gasteiger charge is 2.32. The number of rotatable bonds is 3. The molecular weight excluding hydrogens is 255 g/mol. The van der Waals surface area contributed by atoms with Crippen LogP contribution in [-0.2, 0) is 6.42 Å². The molecule has 1 aliphatic rings. The number of hydrogen-bond acceptors (Lipinski definition) is 2. The third-order valence-corrected chi connectivity index (χ3v) is 2.91. The lowest BCUT2D eigenvalue weighted by Gasteiger charge is -2.27. The van der Waals surface area contributed by atoms with Crippen LogP contribution in [-0.4, -0.2) is 19.5 Å². The Hall–Kier alpha value is -0.940. The van der Waals surface area contributed by atoms with Gasteiger partial charge in [-0.2, -0.15) is 0 Å². The van der Waals surface area contributed by atoms with Crippen LogP contribution < -0.4 is 10.1 Å². The monoisotopic (exact) mass is 265 g/mol. The molecule has 0 saturated carbocycles. The van der Waals surface area contributed by atoms with Crippen molar-refractivity contribution in [1.29, 1.82) is 0 Å². The summed E-state index contributed by atoms with van der Waals surface area (Å²) in [5.74, 6) is 0.190. The standard InChI is InChI=1S/C11H11ClF3NO/c12-9-4-7(3-8-5-16-6-8)1-2-10(9)17-11(13,14)15/h1-2,4,8,16H,3,5-6H2. The van der Waals surface area contributed by atoms with E-state index in [0.717, 1.165) is 25.1 Å². The fourth-order valence-electron chi connectivity index (χ4n) is 1.70. The van der Waals surface area contributed by atoms with Crippen LogP contribution in [0.1, 0.15) is 5.56 Å². The Morgan fingerprint density at radius 2 is 2.06 bits per heavy atom. The summed E-state index contributed by atoms with van der Waals surface area (Å²) in [6, 6.07) is 4.41. The molecule has 0 amide bonds. The molecule has 1 aliphatic heterocycles. The Morgan fingerprint density at radius 3 is 2.53 bits per heavy atom. The first-order valence-corrected chi connectivity index (χ1v) is 5.57. The number of benzene rings is 1. The van der Waals surface area contributed by atoms with E-state index in [0.29, 0.717) is 5.92 Å². The molecule has 0 aliphatic carbocycles. The molecule has 17 heavy (non-hydrogen) atoms. The first-order chi connectivity index (χ1) is 7.94. The number of ether oxygens (including phenoxy) is 1. The minimum absolute atomic E-state index is 0.00731. The zero-order valence-corrected chi connectivity index (χ0v) is 9.61. The lowest BCUT2D eigenvalue weighted by Crippen LogP contribution is -2.43. The second-order valence-electron chi connectivity index (χ2n) is 4.04. The van der Waals surface area contributed by atoms with Crippen molar-refractivity contribution in [2.75, 3.05) is 13.1 Å². The van der Waals surface area contributed by atoms with Gasteiger partial charge in [0.25, 0.3) is 0 Å². The molecule has 0 atom stereocenters. The molecule has 1 fully saturated rings. The fourth-order valence-corrected chi connectivity index (χ4v) is 1.95. The highest BCUT2D eigenvalue weighted by atomic mass is 35.5. The van der Waals surface area contributed by atoms with E-state index >= 15 is 0 Å². The lowest BCUT2D eigenvalue weighted by molar-refractivity contribution is -0.274. The largest absolute Gasteiger partial charge is 0.573 e. The summed E-state index contributed by atoms with van der Waals surface area (Å²) in [5, 5.41) is 3.12. The molecule has 0 spiro atoms. The van der Waals surface area contributed by atoms with Gasteiger partial charge in [-0.25, -0.2) is 0 Å². The summed E-state index contributed by atoms with van der Waals surface area (Å²) in [7, 11) is 0. The van der Waals surface area contributed by atoms with Crippen LogP contribution in [0.3, 0.4) is 0 Å². The SMILES string of the molecule is FC(F)(F)Oc1ccc(CC2CNC2)cc1Cl. The van der Waals surface area contributed by atoms with Crippen LogP contribution in [0.25, 0.3) is 0 Å². The van der Waals surface area contributed by atoms with E-state index in [-0.39, 0.29) is 10.8 Å². The van der Waals surface area contributed by atoms with Crippen molar-refractivity contribution in [2.24, 2.45) is 5.92 Å². The summed E-state index contributed by atoms with van der Waals surface area (Å²) in [4.78, 5) is 0. The third kappa shape index (κ3) is 3.51. The average molecular weight is 266 g/mol. The van der Waals surface area contributed by atoms with Crippen LogP contribution in [0.15, 0.2) is 18.2 Å². The maximum Gasteiger partial charge on any atom is 0.573 e. The molecular formula is C11H11ClF3NO. The predicted molar refractivity (Wildman–Crippen MR) is 58.2 cm³/mol. The average Bonchev–Trinajstić information content (AvgIpc) is 2.14. The molecule has 0 bridgehead atoms. The van der Waals surface area contributed by atoms with Gasteiger partial charge in [-0.15, -0.1) is 13.2 Å². The van der Waals surface area contributed by atoms with E-state index in [9.17, 15) is 13.2 Å². The molecule has 0 radical (unpaired) electrons. The molecule has 0 unspecified atom stereocenters. The van der Waals surface area contributed by atoms with Gasteiger partial charge in [-0.1, -0.05) is 17.7 Å². The Kier molecular flexibility index (Phi) is 3.49. The van der Waals surface area contributed by atoms with Gasteiger partial charge >= 0.3 is 6.36 Å². The number of nitrogens with one attached hydrogen (secondary N) is 1. The number of alkyl halides is 3. The van der Waals surface area contributed by atoms with Crippen molar-refractivity contribution >= 4 is 11.6 Å². The van der Waals surface area contributed by atoms with Crippen LogP contribution >= 0.6 is 11.6 Å². The normalized spacial score (nSPS) is 16.7. The van der Waals surface area contributed by atoms with Crippen molar-refractivity contribution in [1.82, 2.24) is 5.32 Å². The van der Waals surface area contributed by atoms with Crippen molar-refractivity contribution in [2.45, 2.75) is 12.8 Å². The molecule has 6 heteroatoms. The summed E-state index contributed by atoms with van der Waals surface area (Å²) in [6.07, 6.45) is -3.89. The Morgan fingerprint density at radius 1 is 1.35 bits per heavy atom. The first-order valence-electron chi connectivity index (χ1n) is 5.19. The Labute approximate surface area is 102 Å². The zero-order chi connectivity index (χ0) is 12.5. The molecule has 2 rings (SSSR count). The van der Waals surface area contributed by atoms with Crippen LogP contribution in [0, 0.1) is 5.92 Å². The molecule has 94 valence electrons. The summed E-state index contributed by atoms with van der Waals surface area (Å²) < 4.78 is 39.8. The zero-order valence-electron chi connectivity index (χ0n) is 8.85. The quantitative estimate of drug-likeness (QED) is 0.907. The van der Waals surface area contributed by atoms with Crippen molar-refractivity contribution in [3.05, 3.63) is 28.8 Å².